The van der Waals surface area contributed by atoms with Gasteiger partial charge in [-0.15, -0.1) is 10.2 Å². The molecule has 0 aliphatic carbocycles. The van der Waals surface area contributed by atoms with E-state index in [2.05, 4.69) is 34.6 Å². The lowest BCUT2D eigenvalue weighted by molar-refractivity contribution is -0.115. The molecule has 6 nitrogen and oxygen atoms in total. The Bertz CT molecular complexity index is 1180. The quantitative estimate of drug-likeness (QED) is 0.403. The van der Waals surface area contributed by atoms with Crippen LogP contribution in [0.3, 0.4) is 0 Å². The Morgan fingerprint density at radius 1 is 1.03 bits per heavy atom. The van der Waals surface area contributed by atoms with Gasteiger partial charge in [-0.2, -0.15) is 0 Å². The molecule has 0 spiro atoms. The van der Waals surface area contributed by atoms with Crippen molar-refractivity contribution in [1.29, 1.82) is 0 Å². The number of benzene rings is 2. The molecule has 0 unspecified atom stereocenters. The summed E-state index contributed by atoms with van der Waals surface area (Å²) in [5, 5.41) is 12.0. The second-order valence-corrected chi connectivity index (χ2v) is 8.79. The minimum atomic E-state index is -0.379. The van der Waals surface area contributed by atoms with Crippen LogP contribution in [0.15, 0.2) is 70.4 Å². The van der Waals surface area contributed by atoms with Gasteiger partial charge in [0.05, 0.1) is 11.5 Å². The number of hydrogen-bond donors (Lipinski definition) is 1. The number of para-hydroxylation sites is 1. The van der Waals surface area contributed by atoms with Gasteiger partial charge in [0, 0.05) is 11.4 Å². The van der Waals surface area contributed by atoms with Crippen molar-refractivity contribution >= 4 is 23.4 Å². The van der Waals surface area contributed by atoms with E-state index in [-0.39, 0.29) is 11.2 Å². The Morgan fingerprint density at radius 3 is 2.39 bits per heavy atom. The summed E-state index contributed by atoms with van der Waals surface area (Å²) >= 11 is 1.36. The monoisotopic (exact) mass is 432 g/mol. The predicted octanol–water partition coefficient (Wildman–Crippen LogP) is 5.57. The molecule has 0 fully saturated rings. The van der Waals surface area contributed by atoms with Crippen LogP contribution in [0.25, 0.3) is 17.3 Å². The molecule has 0 aliphatic heterocycles. The van der Waals surface area contributed by atoms with E-state index < -0.39 is 0 Å². The average molecular weight is 433 g/mol. The molecule has 158 valence electrons. The van der Waals surface area contributed by atoms with Crippen molar-refractivity contribution in [2.45, 2.75) is 38.1 Å². The molecular formula is C24H24N4O2S. The van der Waals surface area contributed by atoms with Gasteiger partial charge in [-0.05, 0) is 63.1 Å². The van der Waals surface area contributed by atoms with Crippen molar-refractivity contribution in [3.63, 3.8) is 0 Å². The summed E-state index contributed by atoms with van der Waals surface area (Å²) in [7, 11) is 0. The van der Waals surface area contributed by atoms with Gasteiger partial charge in [-0.1, -0.05) is 47.7 Å². The van der Waals surface area contributed by atoms with Crippen LogP contribution >= 0.6 is 11.8 Å². The number of carbonyl (C=O) groups excluding carboxylic acids is 1. The number of furan rings is 1. The molecule has 0 saturated carbocycles. The van der Waals surface area contributed by atoms with Gasteiger partial charge in [0.2, 0.25) is 11.7 Å². The summed E-state index contributed by atoms with van der Waals surface area (Å²) in [6.45, 7) is 7.94. The van der Waals surface area contributed by atoms with Crippen LogP contribution in [0.1, 0.15) is 23.6 Å². The van der Waals surface area contributed by atoms with Crippen molar-refractivity contribution in [2.24, 2.45) is 0 Å². The smallest absolute Gasteiger partial charge is 0.237 e. The predicted molar refractivity (Wildman–Crippen MR) is 124 cm³/mol. The minimum Gasteiger partial charge on any atom is -0.461 e. The highest BCUT2D eigenvalue weighted by molar-refractivity contribution is 8.00. The second kappa shape index (κ2) is 8.81. The van der Waals surface area contributed by atoms with Crippen LogP contribution in [0.2, 0.25) is 0 Å². The Labute approximate surface area is 185 Å². The molecular weight excluding hydrogens is 408 g/mol. The van der Waals surface area contributed by atoms with Crippen LogP contribution in [-0.2, 0) is 4.79 Å². The first-order chi connectivity index (χ1) is 14.9. The summed E-state index contributed by atoms with van der Waals surface area (Å²) < 4.78 is 7.46. The van der Waals surface area contributed by atoms with Gasteiger partial charge >= 0.3 is 0 Å². The molecule has 4 rings (SSSR count). The van der Waals surface area contributed by atoms with E-state index in [1.54, 1.807) is 6.26 Å². The molecule has 0 bridgehead atoms. The first kappa shape index (κ1) is 20.9. The van der Waals surface area contributed by atoms with E-state index in [4.69, 9.17) is 4.42 Å². The molecule has 2 aromatic heterocycles. The zero-order chi connectivity index (χ0) is 22.0. The Balaban J connectivity index is 1.61. The number of nitrogens with one attached hydrogen (secondary N) is 1. The van der Waals surface area contributed by atoms with Crippen LogP contribution < -0.4 is 5.32 Å². The molecule has 1 N–H and O–H groups in total. The minimum absolute atomic E-state index is 0.0813. The summed E-state index contributed by atoms with van der Waals surface area (Å²) in [5.74, 6) is 1.13. The summed E-state index contributed by atoms with van der Waals surface area (Å²) in [5.41, 5.74) is 5.05. The molecule has 4 aromatic rings. The third kappa shape index (κ3) is 4.41. The lowest BCUT2D eigenvalue weighted by atomic mass is 10.1. The standard InChI is InChI=1S/C24H24N4O2S/c1-15-13-16(2)21(17(3)14-15)25-23(29)18(4)31-24-27-26-22(20-11-8-12-30-20)28(24)19-9-6-5-7-10-19/h5-14,18H,1-4H3,(H,25,29)/t18-/m1/s1. The molecule has 2 heterocycles. The number of nitrogens with zero attached hydrogens (tertiary/aromatic N) is 3. The number of hydrogen-bond acceptors (Lipinski definition) is 5. The van der Waals surface area contributed by atoms with E-state index in [0.717, 1.165) is 22.5 Å². The zero-order valence-corrected chi connectivity index (χ0v) is 18.7. The van der Waals surface area contributed by atoms with E-state index in [0.29, 0.717) is 16.7 Å². The number of anilines is 1. The number of carbonyl (C=O) groups is 1. The molecule has 0 radical (unpaired) electrons. The zero-order valence-electron chi connectivity index (χ0n) is 17.9. The Morgan fingerprint density at radius 2 is 1.74 bits per heavy atom. The molecule has 1 amide bonds. The number of rotatable bonds is 6. The number of aromatic nitrogens is 3. The third-order valence-corrected chi connectivity index (χ3v) is 6.01. The average Bonchev–Trinajstić information content (AvgIpc) is 3.41. The van der Waals surface area contributed by atoms with Crippen LogP contribution in [0.5, 0.6) is 0 Å². The van der Waals surface area contributed by atoms with Crippen molar-refractivity contribution in [1.82, 2.24) is 14.8 Å². The Kier molecular flexibility index (Phi) is 5.95. The fraction of sp³-hybridized carbons (Fsp3) is 0.208. The third-order valence-electron chi connectivity index (χ3n) is 4.97. The van der Waals surface area contributed by atoms with Gasteiger partial charge in [0.1, 0.15) is 0 Å². The highest BCUT2D eigenvalue weighted by Crippen LogP contribution is 2.31. The van der Waals surface area contributed by atoms with Crippen molar-refractivity contribution in [2.75, 3.05) is 5.32 Å². The van der Waals surface area contributed by atoms with Crippen LogP contribution in [0, 0.1) is 20.8 Å². The van der Waals surface area contributed by atoms with E-state index >= 15 is 0 Å². The maximum absolute atomic E-state index is 13.0. The lowest BCUT2D eigenvalue weighted by Gasteiger charge is -2.16. The second-order valence-electron chi connectivity index (χ2n) is 7.48. The largest absolute Gasteiger partial charge is 0.461 e. The van der Waals surface area contributed by atoms with Crippen LogP contribution in [0.4, 0.5) is 5.69 Å². The highest BCUT2D eigenvalue weighted by atomic mass is 32.2. The fourth-order valence-corrected chi connectivity index (χ4v) is 4.40. The fourth-order valence-electron chi connectivity index (χ4n) is 3.54. The molecule has 7 heteroatoms. The summed E-state index contributed by atoms with van der Waals surface area (Å²) in [4.78, 5) is 13.0. The Hall–Kier alpha value is -3.32. The SMILES string of the molecule is Cc1cc(C)c(NC(=O)[C@@H](C)Sc2nnc(-c3ccco3)n2-c2ccccc2)c(C)c1. The molecule has 1 atom stereocenters. The van der Waals surface area contributed by atoms with E-state index in [1.165, 1.54) is 17.3 Å². The van der Waals surface area contributed by atoms with E-state index in [1.807, 2.05) is 67.8 Å². The summed E-state index contributed by atoms with van der Waals surface area (Å²) in [6.07, 6.45) is 1.61. The number of amides is 1. The normalized spacial score (nSPS) is 12.0. The maximum Gasteiger partial charge on any atom is 0.237 e. The molecule has 31 heavy (non-hydrogen) atoms. The molecule has 2 aromatic carbocycles. The maximum atomic E-state index is 13.0. The first-order valence-electron chi connectivity index (χ1n) is 10.0. The highest BCUT2D eigenvalue weighted by Gasteiger charge is 2.23. The van der Waals surface area contributed by atoms with Gasteiger partial charge in [0.25, 0.3) is 0 Å². The van der Waals surface area contributed by atoms with Crippen molar-refractivity contribution in [3.8, 4) is 17.3 Å². The van der Waals surface area contributed by atoms with Crippen LogP contribution in [-0.4, -0.2) is 25.9 Å². The van der Waals surface area contributed by atoms with E-state index in [9.17, 15) is 4.79 Å². The molecule has 0 aliphatic rings. The number of thioether (sulfide) groups is 1. The molecule has 0 saturated heterocycles. The van der Waals surface area contributed by atoms with Gasteiger partial charge in [0.15, 0.2) is 10.9 Å². The van der Waals surface area contributed by atoms with Crippen molar-refractivity contribution in [3.05, 3.63) is 77.6 Å². The number of aryl methyl sites for hydroxylation is 3. The van der Waals surface area contributed by atoms with Gasteiger partial charge in [-0.25, -0.2) is 0 Å². The van der Waals surface area contributed by atoms with Crippen molar-refractivity contribution < 1.29 is 9.21 Å². The van der Waals surface area contributed by atoms with Gasteiger partial charge < -0.3 is 9.73 Å². The van der Waals surface area contributed by atoms with Gasteiger partial charge in [-0.3, -0.25) is 9.36 Å². The first-order valence-corrected chi connectivity index (χ1v) is 10.9. The summed E-state index contributed by atoms with van der Waals surface area (Å²) in [6, 6.07) is 17.6. The lowest BCUT2D eigenvalue weighted by Crippen LogP contribution is -2.24. The topological polar surface area (TPSA) is 73.0 Å².